The van der Waals surface area contributed by atoms with E-state index in [4.69, 9.17) is 4.74 Å². The molecule has 0 saturated carbocycles. The molecule has 4 aromatic rings. The molecule has 2 atom stereocenters. The van der Waals surface area contributed by atoms with Crippen molar-refractivity contribution in [3.05, 3.63) is 103 Å². The van der Waals surface area contributed by atoms with Crippen LogP contribution in [0.3, 0.4) is 0 Å². The molecule has 2 aliphatic rings. The molecule has 1 fully saturated rings. The smallest absolute Gasteiger partial charge is 0.263 e. The van der Waals surface area contributed by atoms with E-state index in [2.05, 4.69) is 5.32 Å². The minimum Gasteiger partial charge on any atom is -0.477 e. The molecule has 0 bridgehead atoms. The normalized spacial score (nSPS) is 19.3. The van der Waals surface area contributed by atoms with Crippen LogP contribution in [0.2, 0.25) is 0 Å². The van der Waals surface area contributed by atoms with Gasteiger partial charge in [-0.1, -0.05) is 72.8 Å². The lowest BCUT2D eigenvalue weighted by Gasteiger charge is -2.38. The fourth-order valence-electron chi connectivity index (χ4n) is 5.54. The first-order chi connectivity index (χ1) is 19.9. The maximum absolute atomic E-state index is 14.0. The Hall–Kier alpha value is -4.21. The monoisotopic (exact) mass is 569 g/mol. The van der Waals surface area contributed by atoms with Crippen molar-refractivity contribution in [3.63, 3.8) is 0 Å². The maximum Gasteiger partial charge on any atom is 0.263 e. The van der Waals surface area contributed by atoms with E-state index in [0.717, 1.165) is 16.3 Å². The van der Waals surface area contributed by atoms with Crippen molar-refractivity contribution in [3.8, 4) is 5.75 Å². The van der Waals surface area contributed by atoms with Gasteiger partial charge in [-0.3, -0.25) is 9.59 Å². The van der Waals surface area contributed by atoms with Gasteiger partial charge in [0.05, 0.1) is 23.0 Å². The van der Waals surface area contributed by atoms with Crippen LogP contribution in [-0.2, 0) is 26.2 Å². The number of amides is 2. The van der Waals surface area contributed by atoms with Crippen LogP contribution in [0.15, 0.2) is 102 Å². The van der Waals surface area contributed by atoms with Crippen molar-refractivity contribution < 1.29 is 22.7 Å². The number of carbonyl (C=O) groups excluding carboxylic acids is 2. The van der Waals surface area contributed by atoms with Crippen molar-refractivity contribution in [1.29, 1.82) is 0 Å². The van der Waals surface area contributed by atoms with Crippen LogP contribution in [-0.4, -0.2) is 50.3 Å². The Balaban J connectivity index is 1.20. The molecule has 8 nitrogen and oxygen atoms in total. The molecule has 2 heterocycles. The molecule has 2 amide bonds. The van der Waals surface area contributed by atoms with Crippen LogP contribution in [0, 0.1) is 5.92 Å². The quantitative estimate of drug-likeness (QED) is 0.373. The highest BCUT2D eigenvalue weighted by molar-refractivity contribution is 7.89. The summed E-state index contributed by atoms with van der Waals surface area (Å²) in [4.78, 5) is 28.9. The molecular formula is C32H31N3O5S. The van der Waals surface area contributed by atoms with Gasteiger partial charge < -0.3 is 15.0 Å². The van der Waals surface area contributed by atoms with Crippen molar-refractivity contribution >= 4 is 38.3 Å². The zero-order chi connectivity index (χ0) is 28.4. The highest BCUT2D eigenvalue weighted by Crippen LogP contribution is 2.36. The first kappa shape index (κ1) is 27.0. The standard InChI is InChI=1S/C32H31N3O5S/c36-31(33-20-23-9-2-1-3-10-23)30-22-35(28-14-6-7-15-29(28)40-30)32(37)26-13-8-18-34(21-26)41(38,39)27-17-16-24-11-4-5-12-25(24)19-27/h1-7,9-12,14-17,19,26,30H,8,13,18,20-22H2,(H,33,36)/t26-,30+/m1/s1. The lowest BCUT2D eigenvalue weighted by molar-refractivity contribution is -0.129. The molecule has 2 aliphatic heterocycles. The number of fused-ring (bicyclic) bond motifs is 2. The molecule has 1 saturated heterocycles. The van der Waals surface area contributed by atoms with Gasteiger partial charge in [0.1, 0.15) is 5.75 Å². The predicted octanol–water partition coefficient (Wildman–Crippen LogP) is 4.35. The molecular weight excluding hydrogens is 538 g/mol. The number of hydrogen-bond donors (Lipinski definition) is 1. The number of piperidine rings is 1. The fourth-order valence-corrected chi connectivity index (χ4v) is 7.10. The van der Waals surface area contributed by atoms with E-state index < -0.39 is 22.0 Å². The average molecular weight is 570 g/mol. The molecule has 6 rings (SSSR count). The van der Waals surface area contributed by atoms with Gasteiger partial charge in [0.15, 0.2) is 6.10 Å². The summed E-state index contributed by atoms with van der Waals surface area (Å²) in [6, 6.07) is 29.5. The highest BCUT2D eigenvalue weighted by Gasteiger charge is 2.39. The van der Waals surface area contributed by atoms with Gasteiger partial charge in [0, 0.05) is 19.6 Å². The van der Waals surface area contributed by atoms with E-state index in [1.807, 2.05) is 66.7 Å². The van der Waals surface area contributed by atoms with Crippen LogP contribution in [0.1, 0.15) is 18.4 Å². The topological polar surface area (TPSA) is 96.0 Å². The maximum atomic E-state index is 14.0. The predicted molar refractivity (Wildman–Crippen MR) is 157 cm³/mol. The summed E-state index contributed by atoms with van der Waals surface area (Å²) in [5.74, 6) is -0.619. The first-order valence-corrected chi connectivity index (χ1v) is 15.2. The Morgan fingerprint density at radius 3 is 2.41 bits per heavy atom. The highest BCUT2D eigenvalue weighted by atomic mass is 32.2. The van der Waals surface area contributed by atoms with Gasteiger partial charge in [0.2, 0.25) is 15.9 Å². The molecule has 0 aliphatic carbocycles. The molecule has 0 radical (unpaired) electrons. The Morgan fingerprint density at radius 2 is 1.59 bits per heavy atom. The Labute approximate surface area is 239 Å². The van der Waals surface area contributed by atoms with E-state index in [-0.39, 0.29) is 29.8 Å². The number of anilines is 1. The van der Waals surface area contributed by atoms with E-state index in [0.29, 0.717) is 37.4 Å². The largest absolute Gasteiger partial charge is 0.477 e. The van der Waals surface area contributed by atoms with Crippen LogP contribution >= 0.6 is 0 Å². The van der Waals surface area contributed by atoms with Crippen molar-refractivity contribution in [1.82, 2.24) is 9.62 Å². The molecule has 1 N–H and O–H groups in total. The molecule has 0 spiro atoms. The minimum atomic E-state index is -3.80. The van der Waals surface area contributed by atoms with Gasteiger partial charge in [-0.05, 0) is 53.4 Å². The number of sulfonamides is 1. The number of carbonyl (C=O) groups is 2. The number of nitrogens with zero attached hydrogens (tertiary/aromatic N) is 2. The third-order valence-electron chi connectivity index (χ3n) is 7.73. The average Bonchev–Trinajstić information content (AvgIpc) is 3.03. The van der Waals surface area contributed by atoms with E-state index in [1.54, 1.807) is 35.2 Å². The lowest BCUT2D eigenvalue weighted by Crippen LogP contribution is -2.53. The SMILES string of the molecule is O=C(NCc1ccccc1)[C@@H]1CN(C(=O)[C@@H]2CCCN(S(=O)(=O)c3ccc4ccccc4c3)C2)c2ccccc2O1. The third kappa shape index (κ3) is 5.55. The lowest BCUT2D eigenvalue weighted by atomic mass is 9.97. The number of rotatable bonds is 6. The van der Waals surface area contributed by atoms with E-state index in [9.17, 15) is 18.0 Å². The summed E-state index contributed by atoms with van der Waals surface area (Å²) in [6.07, 6.45) is 0.238. The first-order valence-electron chi connectivity index (χ1n) is 13.8. The summed E-state index contributed by atoms with van der Waals surface area (Å²) in [6.45, 7) is 0.825. The molecule has 0 unspecified atom stereocenters. The number of hydrogen-bond acceptors (Lipinski definition) is 5. The van der Waals surface area contributed by atoms with Gasteiger partial charge in [-0.15, -0.1) is 0 Å². The second-order valence-corrected chi connectivity index (χ2v) is 12.4. The van der Waals surface area contributed by atoms with E-state index >= 15 is 0 Å². The molecule has 4 aromatic carbocycles. The molecule has 210 valence electrons. The second kappa shape index (κ2) is 11.3. The van der Waals surface area contributed by atoms with Gasteiger partial charge >= 0.3 is 0 Å². The number of nitrogens with one attached hydrogen (secondary N) is 1. The second-order valence-electron chi connectivity index (χ2n) is 10.4. The van der Waals surface area contributed by atoms with Crippen LogP contribution in [0.4, 0.5) is 5.69 Å². The van der Waals surface area contributed by atoms with Gasteiger partial charge in [0.25, 0.3) is 5.91 Å². The summed E-state index contributed by atoms with van der Waals surface area (Å²) >= 11 is 0. The van der Waals surface area contributed by atoms with Crippen molar-refractivity contribution in [2.24, 2.45) is 5.92 Å². The zero-order valence-electron chi connectivity index (χ0n) is 22.5. The summed E-state index contributed by atoms with van der Waals surface area (Å²) < 4.78 is 34.7. The molecule has 9 heteroatoms. The number of benzene rings is 4. The third-order valence-corrected chi connectivity index (χ3v) is 9.59. The Bertz CT molecular complexity index is 1690. The molecule has 41 heavy (non-hydrogen) atoms. The number of para-hydroxylation sites is 2. The Morgan fingerprint density at radius 1 is 0.854 bits per heavy atom. The Kier molecular flexibility index (Phi) is 7.47. The molecule has 0 aromatic heterocycles. The zero-order valence-corrected chi connectivity index (χ0v) is 23.3. The number of ether oxygens (including phenoxy) is 1. The van der Waals surface area contributed by atoms with Crippen LogP contribution in [0.5, 0.6) is 5.75 Å². The van der Waals surface area contributed by atoms with Gasteiger partial charge in [-0.25, -0.2) is 8.42 Å². The van der Waals surface area contributed by atoms with Crippen LogP contribution in [0.25, 0.3) is 10.8 Å². The van der Waals surface area contributed by atoms with Crippen LogP contribution < -0.4 is 15.0 Å². The van der Waals surface area contributed by atoms with E-state index in [1.165, 1.54) is 4.31 Å². The van der Waals surface area contributed by atoms with Crippen molar-refractivity contribution in [2.45, 2.75) is 30.4 Å². The van der Waals surface area contributed by atoms with Gasteiger partial charge in [-0.2, -0.15) is 4.31 Å². The summed E-state index contributed by atoms with van der Waals surface area (Å²) in [5, 5.41) is 4.72. The minimum absolute atomic E-state index is 0.0460. The van der Waals surface area contributed by atoms with Crippen molar-refractivity contribution in [2.75, 3.05) is 24.5 Å². The summed E-state index contributed by atoms with van der Waals surface area (Å²) in [5.41, 5.74) is 1.54. The fraction of sp³-hybridized carbons (Fsp3) is 0.250. The summed E-state index contributed by atoms with van der Waals surface area (Å²) in [7, 11) is -3.80.